The van der Waals surface area contributed by atoms with Gasteiger partial charge in [-0.3, -0.25) is 23.8 Å². The zero-order chi connectivity index (χ0) is 22.4. The van der Waals surface area contributed by atoms with Crippen molar-refractivity contribution in [3.05, 3.63) is 81.6 Å². The van der Waals surface area contributed by atoms with Crippen molar-refractivity contribution in [2.24, 2.45) is 0 Å². The molecular weight excluding hydrogens is 418 g/mol. The third kappa shape index (κ3) is 3.29. The van der Waals surface area contributed by atoms with Crippen LogP contribution in [0.2, 0.25) is 0 Å². The molecule has 164 valence electrons. The van der Waals surface area contributed by atoms with Gasteiger partial charge >= 0.3 is 11.1 Å². The third-order valence-electron chi connectivity index (χ3n) is 6.22. The lowest BCUT2D eigenvalue weighted by atomic mass is 10.2. The van der Waals surface area contributed by atoms with E-state index in [1.54, 1.807) is 29.1 Å². The molecule has 9 heteroatoms. The SMILES string of the molecule is O=c1c(=O)n(C2CCCC2)c2nc(Nc3ccc4[nH]ncc4c3)ncc2n1-c1ccccc1. The number of para-hydroxylation sites is 1. The van der Waals surface area contributed by atoms with E-state index in [9.17, 15) is 9.59 Å². The molecule has 1 saturated carbocycles. The molecule has 0 amide bonds. The Labute approximate surface area is 187 Å². The standard InChI is InChI=1S/C24H21N7O2/c32-22-23(33)31(18-8-4-5-9-18)21-20(30(22)17-6-2-1-3-7-17)14-25-24(28-21)27-16-10-11-19-15(12-16)13-26-29-19/h1-3,6-7,10-14,18H,4-5,8-9H2,(H,26,29)(H,25,27,28). The highest BCUT2D eigenvalue weighted by Crippen LogP contribution is 2.30. The topological polar surface area (TPSA) is 110 Å². The van der Waals surface area contributed by atoms with Gasteiger partial charge in [-0.2, -0.15) is 10.1 Å². The first-order chi connectivity index (χ1) is 16.2. The average molecular weight is 439 g/mol. The Morgan fingerprint density at radius 3 is 2.61 bits per heavy atom. The molecule has 0 spiro atoms. The lowest BCUT2D eigenvalue weighted by Gasteiger charge is -2.19. The van der Waals surface area contributed by atoms with Crippen LogP contribution in [0.1, 0.15) is 31.7 Å². The van der Waals surface area contributed by atoms with E-state index in [1.807, 2.05) is 36.4 Å². The minimum absolute atomic E-state index is 0.0387. The summed E-state index contributed by atoms with van der Waals surface area (Å²) in [5.41, 5.74) is 2.16. The summed E-state index contributed by atoms with van der Waals surface area (Å²) in [5, 5.41) is 11.2. The summed E-state index contributed by atoms with van der Waals surface area (Å²) in [6.07, 6.45) is 7.13. The molecule has 9 nitrogen and oxygen atoms in total. The summed E-state index contributed by atoms with van der Waals surface area (Å²) < 4.78 is 2.99. The van der Waals surface area contributed by atoms with Crippen LogP contribution in [0.15, 0.2) is 70.5 Å². The number of nitrogens with zero attached hydrogens (tertiary/aromatic N) is 5. The van der Waals surface area contributed by atoms with Crippen LogP contribution < -0.4 is 16.4 Å². The largest absolute Gasteiger partial charge is 0.324 e. The van der Waals surface area contributed by atoms with Crippen molar-refractivity contribution in [1.29, 1.82) is 0 Å². The van der Waals surface area contributed by atoms with Crippen LogP contribution in [-0.2, 0) is 0 Å². The Hall–Kier alpha value is -4.27. The summed E-state index contributed by atoms with van der Waals surface area (Å²) in [6.45, 7) is 0. The molecule has 33 heavy (non-hydrogen) atoms. The maximum Gasteiger partial charge on any atom is 0.321 e. The van der Waals surface area contributed by atoms with E-state index in [0.29, 0.717) is 22.8 Å². The molecule has 0 bridgehead atoms. The molecule has 2 N–H and O–H groups in total. The third-order valence-corrected chi connectivity index (χ3v) is 6.22. The molecule has 3 aromatic heterocycles. The molecule has 0 radical (unpaired) electrons. The fourth-order valence-electron chi connectivity index (χ4n) is 4.65. The van der Waals surface area contributed by atoms with E-state index < -0.39 is 11.1 Å². The van der Waals surface area contributed by atoms with Crippen LogP contribution in [0.25, 0.3) is 27.8 Å². The number of hydrogen-bond acceptors (Lipinski definition) is 6. The highest BCUT2D eigenvalue weighted by molar-refractivity contribution is 5.83. The van der Waals surface area contributed by atoms with Gasteiger partial charge in [-0.05, 0) is 43.2 Å². The second-order valence-electron chi connectivity index (χ2n) is 8.29. The van der Waals surface area contributed by atoms with E-state index in [2.05, 4.69) is 20.5 Å². The summed E-state index contributed by atoms with van der Waals surface area (Å²) >= 11 is 0. The van der Waals surface area contributed by atoms with Crippen LogP contribution in [0, 0.1) is 0 Å². The van der Waals surface area contributed by atoms with Crippen molar-refractivity contribution in [3.8, 4) is 5.69 Å². The molecule has 1 aliphatic carbocycles. The first kappa shape index (κ1) is 19.4. The molecule has 1 fully saturated rings. The first-order valence-corrected chi connectivity index (χ1v) is 11.0. The van der Waals surface area contributed by atoms with Crippen molar-refractivity contribution < 1.29 is 0 Å². The number of aromatic nitrogens is 6. The van der Waals surface area contributed by atoms with E-state index in [0.717, 1.165) is 42.3 Å². The molecule has 0 unspecified atom stereocenters. The first-order valence-electron chi connectivity index (χ1n) is 11.0. The van der Waals surface area contributed by atoms with Gasteiger partial charge in [-0.1, -0.05) is 31.0 Å². The van der Waals surface area contributed by atoms with Gasteiger partial charge in [0.15, 0.2) is 5.65 Å². The number of nitrogens with one attached hydrogen (secondary N) is 2. The van der Waals surface area contributed by atoms with Crippen LogP contribution in [0.5, 0.6) is 0 Å². The fourth-order valence-corrected chi connectivity index (χ4v) is 4.65. The normalized spacial score (nSPS) is 14.3. The molecule has 1 aliphatic rings. The molecule has 0 atom stereocenters. The zero-order valence-corrected chi connectivity index (χ0v) is 17.7. The van der Waals surface area contributed by atoms with E-state index >= 15 is 0 Å². The Bertz CT molecular complexity index is 1590. The van der Waals surface area contributed by atoms with Crippen molar-refractivity contribution in [2.75, 3.05) is 5.32 Å². The lowest BCUT2D eigenvalue weighted by molar-refractivity contribution is 0.509. The van der Waals surface area contributed by atoms with Crippen molar-refractivity contribution >= 4 is 33.7 Å². The average Bonchev–Trinajstić information content (AvgIpc) is 3.53. The number of benzene rings is 2. The number of fused-ring (bicyclic) bond motifs is 2. The maximum absolute atomic E-state index is 13.3. The van der Waals surface area contributed by atoms with Gasteiger partial charge in [0, 0.05) is 22.8 Å². The predicted octanol–water partition coefficient (Wildman–Crippen LogP) is 3.68. The summed E-state index contributed by atoms with van der Waals surface area (Å²) in [4.78, 5) is 35.7. The van der Waals surface area contributed by atoms with Gasteiger partial charge < -0.3 is 5.32 Å². The lowest BCUT2D eigenvalue weighted by Crippen LogP contribution is -2.42. The highest BCUT2D eigenvalue weighted by atomic mass is 16.2. The second kappa shape index (κ2) is 7.70. The van der Waals surface area contributed by atoms with Crippen molar-refractivity contribution in [1.82, 2.24) is 29.3 Å². The maximum atomic E-state index is 13.3. The Morgan fingerprint density at radius 1 is 0.970 bits per heavy atom. The molecule has 0 saturated heterocycles. The van der Waals surface area contributed by atoms with Gasteiger partial charge in [0.25, 0.3) is 0 Å². The molecule has 5 aromatic rings. The highest BCUT2D eigenvalue weighted by Gasteiger charge is 2.25. The number of H-pyrrole nitrogens is 1. The monoisotopic (exact) mass is 439 g/mol. The van der Waals surface area contributed by atoms with Crippen molar-refractivity contribution in [3.63, 3.8) is 0 Å². The molecule has 0 aliphatic heterocycles. The Balaban J connectivity index is 1.55. The zero-order valence-electron chi connectivity index (χ0n) is 17.7. The van der Waals surface area contributed by atoms with Crippen molar-refractivity contribution in [2.45, 2.75) is 31.7 Å². The minimum Gasteiger partial charge on any atom is -0.324 e. The number of anilines is 2. The summed E-state index contributed by atoms with van der Waals surface area (Å²) in [7, 11) is 0. The van der Waals surface area contributed by atoms with Gasteiger partial charge in [0.1, 0.15) is 5.52 Å². The van der Waals surface area contributed by atoms with E-state index in [4.69, 9.17) is 4.98 Å². The van der Waals surface area contributed by atoms with Gasteiger partial charge in [-0.25, -0.2) is 4.98 Å². The van der Waals surface area contributed by atoms with Crippen LogP contribution >= 0.6 is 0 Å². The fraction of sp³-hybridized carbons (Fsp3) is 0.208. The van der Waals surface area contributed by atoms with Gasteiger partial charge in [0.05, 0.1) is 17.9 Å². The van der Waals surface area contributed by atoms with E-state index in [1.165, 1.54) is 4.57 Å². The Morgan fingerprint density at radius 2 is 1.79 bits per heavy atom. The number of hydrogen-bond donors (Lipinski definition) is 2. The van der Waals surface area contributed by atoms with Crippen LogP contribution in [-0.4, -0.2) is 29.3 Å². The van der Waals surface area contributed by atoms with Gasteiger partial charge in [-0.15, -0.1) is 0 Å². The molecule has 2 aromatic carbocycles. The Kier molecular flexibility index (Phi) is 4.53. The molecule has 3 heterocycles. The van der Waals surface area contributed by atoms with E-state index in [-0.39, 0.29) is 6.04 Å². The summed E-state index contributed by atoms with van der Waals surface area (Å²) in [5.74, 6) is 0.356. The minimum atomic E-state index is -0.588. The number of rotatable bonds is 4. The van der Waals surface area contributed by atoms with Crippen LogP contribution in [0.3, 0.4) is 0 Å². The molecular formula is C24H21N7O2. The van der Waals surface area contributed by atoms with Crippen LogP contribution in [0.4, 0.5) is 11.6 Å². The predicted molar refractivity (Wildman–Crippen MR) is 126 cm³/mol. The smallest absolute Gasteiger partial charge is 0.321 e. The van der Waals surface area contributed by atoms with Gasteiger partial charge in [0.2, 0.25) is 5.95 Å². The summed E-state index contributed by atoms with van der Waals surface area (Å²) in [6, 6.07) is 14.9. The quantitative estimate of drug-likeness (QED) is 0.413. The second-order valence-corrected chi connectivity index (χ2v) is 8.29. The molecule has 6 rings (SSSR count). The number of aromatic amines is 1.